The van der Waals surface area contributed by atoms with Gasteiger partial charge in [0, 0.05) is 28.8 Å². The Hall–Kier alpha value is -1.88. The smallest absolute Gasteiger partial charge is 0.273 e. The third kappa shape index (κ3) is 3.37. The molecule has 2 aliphatic heterocycles. The zero-order chi connectivity index (χ0) is 19.1. The number of rotatable bonds is 4. The summed E-state index contributed by atoms with van der Waals surface area (Å²) in [4.78, 5) is 20.0. The van der Waals surface area contributed by atoms with E-state index in [2.05, 4.69) is 67.7 Å². The van der Waals surface area contributed by atoms with E-state index in [4.69, 9.17) is 4.99 Å². The van der Waals surface area contributed by atoms with Crippen LogP contribution >= 0.6 is 15.9 Å². The van der Waals surface area contributed by atoms with E-state index in [0.29, 0.717) is 12.3 Å². The standard InChI is InChI=1S/C21H26BrN3O/c1-6-11-25-19(14-7-9-15(22)10-8-14)16-17(13(2)3)23-12-21(4,5)24-18(16)20(25)26/h6-10,13,19,23H,1,11-12H2,2-5H3. The fourth-order valence-corrected chi connectivity index (χ4v) is 3.88. The minimum absolute atomic E-state index is 0.0113. The molecule has 1 aromatic rings. The maximum absolute atomic E-state index is 13.3. The first kappa shape index (κ1) is 18.9. The van der Waals surface area contributed by atoms with Crippen LogP contribution in [0.15, 0.2) is 57.7 Å². The number of carbonyl (C=O) groups is 1. The summed E-state index contributed by atoms with van der Waals surface area (Å²) in [5, 5.41) is 3.59. The predicted octanol–water partition coefficient (Wildman–Crippen LogP) is 4.25. The van der Waals surface area contributed by atoms with Crippen molar-refractivity contribution in [2.24, 2.45) is 10.9 Å². The average Bonchev–Trinajstić information content (AvgIpc) is 2.73. The third-order valence-corrected chi connectivity index (χ3v) is 5.34. The lowest BCUT2D eigenvalue weighted by Gasteiger charge is -2.27. The molecule has 2 heterocycles. The van der Waals surface area contributed by atoms with Gasteiger partial charge in [-0.2, -0.15) is 0 Å². The zero-order valence-electron chi connectivity index (χ0n) is 15.8. The number of carbonyl (C=O) groups excluding carboxylic acids is 1. The number of hydrogen-bond donors (Lipinski definition) is 1. The highest BCUT2D eigenvalue weighted by Gasteiger charge is 2.45. The summed E-state index contributed by atoms with van der Waals surface area (Å²) in [5.74, 6) is 0.265. The lowest BCUT2D eigenvalue weighted by molar-refractivity contribution is -0.123. The number of fused-ring (bicyclic) bond motifs is 1. The molecule has 0 saturated carbocycles. The second-order valence-electron chi connectivity index (χ2n) is 7.81. The molecular formula is C21H26BrN3O. The van der Waals surface area contributed by atoms with Crippen LogP contribution in [0, 0.1) is 5.92 Å². The van der Waals surface area contributed by atoms with Gasteiger partial charge in [-0.15, -0.1) is 6.58 Å². The largest absolute Gasteiger partial charge is 0.385 e. The number of allylic oxidation sites excluding steroid dienone is 1. The fourth-order valence-electron chi connectivity index (χ4n) is 3.62. The number of amides is 1. The SMILES string of the molecule is C=CCN1C(=O)C2=NC(C)(C)CNC(C(C)C)=C2C1c1ccc(Br)cc1. The third-order valence-electron chi connectivity index (χ3n) is 4.81. The number of likely N-dealkylation sites (tertiary alicyclic amines) is 1. The second-order valence-corrected chi connectivity index (χ2v) is 8.72. The van der Waals surface area contributed by atoms with E-state index in [0.717, 1.165) is 27.9 Å². The molecule has 2 aliphatic rings. The average molecular weight is 416 g/mol. The van der Waals surface area contributed by atoms with Crippen LogP contribution in [0.2, 0.25) is 0 Å². The molecule has 5 heteroatoms. The minimum Gasteiger partial charge on any atom is -0.385 e. The van der Waals surface area contributed by atoms with Crippen molar-refractivity contribution < 1.29 is 4.79 Å². The van der Waals surface area contributed by atoms with E-state index in [9.17, 15) is 4.79 Å². The molecule has 1 amide bonds. The number of benzene rings is 1. The van der Waals surface area contributed by atoms with Crippen molar-refractivity contribution in [2.75, 3.05) is 13.1 Å². The van der Waals surface area contributed by atoms with Crippen molar-refractivity contribution in [1.82, 2.24) is 10.2 Å². The van der Waals surface area contributed by atoms with Gasteiger partial charge in [-0.1, -0.05) is 48.0 Å². The molecule has 0 radical (unpaired) electrons. The summed E-state index contributed by atoms with van der Waals surface area (Å²) < 4.78 is 1.02. The van der Waals surface area contributed by atoms with Gasteiger partial charge in [0.25, 0.3) is 5.91 Å². The van der Waals surface area contributed by atoms with Crippen LogP contribution < -0.4 is 5.32 Å². The Bertz CT molecular complexity index is 790. The molecule has 0 aliphatic carbocycles. The maximum Gasteiger partial charge on any atom is 0.273 e. The Labute approximate surface area is 164 Å². The Kier molecular flexibility index (Phi) is 5.11. The van der Waals surface area contributed by atoms with E-state index in [1.807, 2.05) is 17.0 Å². The number of halogens is 1. The van der Waals surface area contributed by atoms with E-state index in [1.54, 1.807) is 6.08 Å². The Balaban J connectivity index is 2.25. The van der Waals surface area contributed by atoms with Gasteiger partial charge < -0.3 is 10.2 Å². The minimum atomic E-state index is -0.332. The van der Waals surface area contributed by atoms with Crippen LogP contribution in [0.25, 0.3) is 0 Å². The molecule has 1 saturated heterocycles. The molecule has 4 nitrogen and oxygen atoms in total. The molecule has 1 fully saturated rings. The first-order valence-electron chi connectivity index (χ1n) is 9.00. The Morgan fingerprint density at radius 1 is 1.38 bits per heavy atom. The summed E-state index contributed by atoms with van der Waals surface area (Å²) in [6, 6.07) is 8.03. The Morgan fingerprint density at radius 3 is 2.62 bits per heavy atom. The van der Waals surface area contributed by atoms with Crippen molar-refractivity contribution >= 4 is 27.5 Å². The number of hydrogen-bond acceptors (Lipinski definition) is 3. The van der Waals surface area contributed by atoms with E-state index < -0.39 is 0 Å². The van der Waals surface area contributed by atoms with Gasteiger partial charge in [0.05, 0.1) is 11.6 Å². The fraction of sp³-hybridized carbons (Fsp3) is 0.429. The van der Waals surface area contributed by atoms with Crippen molar-refractivity contribution in [2.45, 2.75) is 39.3 Å². The van der Waals surface area contributed by atoms with Crippen LogP contribution in [0.4, 0.5) is 0 Å². The normalized spacial score (nSPS) is 22.1. The van der Waals surface area contributed by atoms with Gasteiger partial charge in [-0.3, -0.25) is 9.79 Å². The van der Waals surface area contributed by atoms with Gasteiger partial charge >= 0.3 is 0 Å². The highest BCUT2D eigenvalue weighted by atomic mass is 79.9. The van der Waals surface area contributed by atoms with E-state index >= 15 is 0 Å². The maximum atomic E-state index is 13.3. The molecule has 1 aromatic carbocycles. The zero-order valence-corrected chi connectivity index (χ0v) is 17.4. The number of nitrogens with zero attached hydrogens (tertiary/aromatic N) is 2. The monoisotopic (exact) mass is 415 g/mol. The summed E-state index contributed by atoms with van der Waals surface area (Å²) in [6.07, 6.45) is 1.78. The summed E-state index contributed by atoms with van der Waals surface area (Å²) >= 11 is 3.50. The first-order chi connectivity index (χ1) is 12.2. The second kappa shape index (κ2) is 7.03. The molecule has 1 atom stereocenters. The molecule has 26 heavy (non-hydrogen) atoms. The number of aliphatic imine (C=N–C) groups is 1. The van der Waals surface area contributed by atoms with Crippen molar-refractivity contribution in [1.29, 1.82) is 0 Å². The molecule has 3 rings (SSSR count). The van der Waals surface area contributed by atoms with Crippen LogP contribution in [0.3, 0.4) is 0 Å². The quantitative estimate of drug-likeness (QED) is 0.746. The molecule has 0 bridgehead atoms. The van der Waals surface area contributed by atoms with Gasteiger partial charge in [0.1, 0.15) is 5.71 Å². The van der Waals surface area contributed by atoms with Gasteiger partial charge in [0.15, 0.2) is 0 Å². The molecule has 0 spiro atoms. The van der Waals surface area contributed by atoms with Gasteiger partial charge in [-0.25, -0.2) is 0 Å². The predicted molar refractivity (Wildman–Crippen MR) is 110 cm³/mol. The first-order valence-corrected chi connectivity index (χ1v) is 9.80. The van der Waals surface area contributed by atoms with Crippen LogP contribution in [0.1, 0.15) is 39.3 Å². The molecule has 1 N–H and O–H groups in total. The highest BCUT2D eigenvalue weighted by molar-refractivity contribution is 9.10. The van der Waals surface area contributed by atoms with Crippen molar-refractivity contribution in [3.05, 3.63) is 58.2 Å². The van der Waals surface area contributed by atoms with Crippen LogP contribution in [-0.4, -0.2) is 35.1 Å². The lowest BCUT2D eigenvalue weighted by atomic mass is 9.93. The van der Waals surface area contributed by atoms with Gasteiger partial charge in [0.2, 0.25) is 0 Å². The molecule has 0 aromatic heterocycles. The molecule has 1 unspecified atom stereocenters. The summed E-state index contributed by atoms with van der Waals surface area (Å²) in [7, 11) is 0. The lowest BCUT2D eigenvalue weighted by Crippen LogP contribution is -2.35. The van der Waals surface area contributed by atoms with E-state index in [-0.39, 0.29) is 23.4 Å². The summed E-state index contributed by atoms with van der Waals surface area (Å²) in [5.41, 5.74) is 3.48. The Morgan fingerprint density at radius 2 is 2.04 bits per heavy atom. The van der Waals surface area contributed by atoms with Crippen molar-refractivity contribution in [3.8, 4) is 0 Å². The topological polar surface area (TPSA) is 44.7 Å². The molecular weight excluding hydrogens is 390 g/mol. The van der Waals surface area contributed by atoms with Crippen LogP contribution in [-0.2, 0) is 4.79 Å². The van der Waals surface area contributed by atoms with E-state index in [1.165, 1.54) is 0 Å². The van der Waals surface area contributed by atoms with Crippen LogP contribution in [0.5, 0.6) is 0 Å². The highest BCUT2D eigenvalue weighted by Crippen LogP contribution is 2.41. The summed E-state index contributed by atoms with van der Waals surface area (Å²) in [6.45, 7) is 13.5. The van der Waals surface area contributed by atoms with Gasteiger partial charge in [-0.05, 0) is 37.5 Å². The number of nitrogens with one attached hydrogen (secondary N) is 1. The van der Waals surface area contributed by atoms with Crippen molar-refractivity contribution in [3.63, 3.8) is 0 Å². The molecule has 138 valence electrons.